The van der Waals surface area contributed by atoms with E-state index in [-0.39, 0.29) is 0 Å². The van der Waals surface area contributed by atoms with E-state index < -0.39 is 5.82 Å². The second-order valence-electron chi connectivity index (χ2n) is 1.76. The van der Waals surface area contributed by atoms with Gasteiger partial charge in [-0.2, -0.15) is 0 Å². The molecule has 0 aliphatic heterocycles. The Labute approximate surface area is 58.4 Å². The molecule has 10 heavy (non-hydrogen) atoms. The Balaban J connectivity index is 2.89. The molecule has 0 aliphatic carbocycles. The SMILES string of the molecule is CC=Cc1ncc(F)cn1. The van der Waals surface area contributed by atoms with E-state index in [2.05, 4.69) is 9.97 Å². The second kappa shape index (κ2) is 3.06. The minimum absolute atomic E-state index is 0.409. The van der Waals surface area contributed by atoms with Crippen molar-refractivity contribution < 1.29 is 4.39 Å². The lowest BCUT2D eigenvalue weighted by Crippen LogP contribution is -1.86. The van der Waals surface area contributed by atoms with E-state index in [9.17, 15) is 4.39 Å². The standard InChI is InChI=1S/C7H7FN2/c1-2-3-7-9-4-6(8)5-10-7/h2-5H,1H3. The number of rotatable bonds is 1. The molecule has 0 spiro atoms. The second-order valence-corrected chi connectivity index (χ2v) is 1.76. The largest absolute Gasteiger partial charge is 0.234 e. The van der Waals surface area contributed by atoms with Crippen LogP contribution in [0, 0.1) is 5.82 Å². The van der Waals surface area contributed by atoms with Crippen molar-refractivity contribution >= 4 is 6.08 Å². The summed E-state index contributed by atoms with van der Waals surface area (Å²) >= 11 is 0. The van der Waals surface area contributed by atoms with E-state index in [1.807, 2.05) is 6.92 Å². The molecule has 0 N–H and O–H groups in total. The van der Waals surface area contributed by atoms with Crippen LogP contribution < -0.4 is 0 Å². The Hall–Kier alpha value is -1.25. The van der Waals surface area contributed by atoms with Gasteiger partial charge in [0.2, 0.25) is 0 Å². The normalized spacial score (nSPS) is 10.6. The third-order valence-corrected chi connectivity index (χ3v) is 0.956. The van der Waals surface area contributed by atoms with Gasteiger partial charge in [0, 0.05) is 0 Å². The fourth-order valence-electron chi connectivity index (χ4n) is 0.557. The van der Waals surface area contributed by atoms with Crippen molar-refractivity contribution in [3.05, 3.63) is 30.1 Å². The summed E-state index contributed by atoms with van der Waals surface area (Å²) in [4.78, 5) is 7.39. The summed E-state index contributed by atoms with van der Waals surface area (Å²) in [5.74, 6) is 0.122. The Kier molecular flexibility index (Phi) is 2.10. The molecule has 0 aliphatic rings. The Bertz CT molecular complexity index is 228. The van der Waals surface area contributed by atoms with Gasteiger partial charge in [-0.15, -0.1) is 0 Å². The zero-order chi connectivity index (χ0) is 7.40. The summed E-state index contributed by atoms with van der Waals surface area (Å²) < 4.78 is 12.2. The fraction of sp³-hybridized carbons (Fsp3) is 0.143. The highest BCUT2D eigenvalue weighted by Crippen LogP contribution is 1.94. The van der Waals surface area contributed by atoms with E-state index in [0.717, 1.165) is 12.4 Å². The van der Waals surface area contributed by atoms with Gasteiger partial charge in [-0.25, -0.2) is 14.4 Å². The minimum Gasteiger partial charge on any atom is -0.234 e. The van der Waals surface area contributed by atoms with Gasteiger partial charge in [-0.3, -0.25) is 0 Å². The van der Waals surface area contributed by atoms with E-state index in [0.29, 0.717) is 5.82 Å². The van der Waals surface area contributed by atoms with Crippen LogP contribution in [0.15, 0.2) is 18.5 Å². The maximum absolute atomic E-state index is 12.2. The molecule has 0 radical (unpaired) electrons. The molecule has 3 heteroatoms. The van der Waals surface area contributed by atoms with Gasteiger partial charge in [0.25, 0.3) is 0 Å². The zero-order valence-corrected chi connectivity index (χ0v) is 5.58. The van der Waals surface area contributed by atoms with Crippen LogP contribution >= 0.6 is 0 Å². The van der Waals surface area contributed by atoms with Gasteiger partial charge in [0.15, 0.2) is 11.6 Å². The van der Waals surface area contributed by atoms with Crippen LogP contribution in [0.3, 0.4) is 0 Å². The third-order valence-electron chi connectivity index (χ3n) is 0.956. The van der Waals surface area contributed by atoms with Crippen molar-refractivity contribution in [1.82, 2.24) is 9.97 Å². The van der Waals surface area contributed by atoms with Crippen LogP contribution in [0.1, 0.15) is 12.7 Å². The highest BCUT2D eigenvalue weighted by molar-refractivity contribution is 5.37. The van der Waals surface area contributed by atoms with Gasteiger partial charge < -0.3 is 0 Å². The van der Waals surface area contributed by atoms with Crippen molar-refractivity contribution in [3.63, 3.8) is 0 Å². The molecule has 0 amide bonds. The molecule has 2 nitrogen and oxygen atoms in total. The van der Waals surface area contributed by atoms with Crippen LogP contribution in [0.2, 0.25) is 0 Å². The lowest BCUT2D eigenvalue weighted by atomic mass is 10.5. The van der Waals surface area contributed by atoms with E-state index in [4.69, 9.17) is 0 Å². The van der Waals surface area contributed by atoms with Crippen molar-refractivity contribution in [3.8, 4) is 0 Å². The van der Waals surface area contributed by atoms with Crippen LogP contribution in [-0.2, 0) is 0 Å². The monoisotopic (exact) mass is 138 g/mol. The van der Waals surface area contributed by atoms with Crippen molar-refractivity contribution in [2.24, 2.45) is 0 Å². The van der Waals surface area contributed by atoms with Crippen molar-refractivity contribution in [2.75, 3.05) is 0 Å². The molecule has 1 rings (SSSR count). The Morgan fingerprint density at radius 3 is 2.50 bits per heavy atom. The summed E-state index contributed by atoms with van der Waals surface area (Å²) in [6.07, 6.45) is 5.79. The van der Waals surface area contributed by atoms with Gasteiger partial charge in [0.05, 0.1) is 12.4 Å². The summed E-state index contributed by atoms with van der Waals surface area (Å²) in [5.41, 5.74) is 0. The first-order valence-electron chi connectivity index (χ1n) is 2.93. The molecule has 52 valence electrons. The van der Waals surface area contributed by atoms with E-state index >= 15 is 0 Å². The first kappa shape index (κ1) is 6.86. The molecular formula is C7H7FN2. The van der Waals surface area contributed by atoms with E-state index in [1.165, 1.54) is 0 Å². The maximum atomic E-state index is 12.2. The predicted octanol–water partition coefficient (Wildman–Crippen LogP) is 1.65. The first-order chi connectivity index (χ1) is 4.83. The zero-order valence-electron chi connectivity index (χ0n) is 5.58. The first-order valence-corrected chi connectivity index (χ1v) is 2.93. The molecule has 0 saturated heterocycles. The molecule has 0 atom stereocenters. The van der Waals surface area contributed by atoms with Crippen LogP contribution in [0.25, 0.3) is 6.08 Å². The van der Waals surface area contributed by atoms with Crippen molar-refractivity contribution in [1.29, 1.82) is 0 Å². The summed E-state index contributed by atoms with van der Waals surface area (Å²) in [7, 11) is 0. The quantitative estimate of drug-likeness (QED) is 0.589. The summed E-state index contributed by atoms with van der Waals surface area (Å²) in [6.45, 7) is 1.85. The van der Waals surface area contributed by atoms with Crippen LogP contribution in [0.5, 0.6) is 0 Å². The van der Waals surface area contributed by atoms with Crippen LogP contribution in [-0.4, -0.2) is 9.97 Å². The lowest BCUT2D eigenvalue weighted by molar-refractivity contribution is 0.612. The number of hydrogen-bond donors (Lipinski definition) is 0. The number of allylic oxidation sites excluding steroid dienone is 1. The predicted molar refractivity (Wildman–Crippen MR) is 36.7 cm³/mol. The Morgan fingerprint density at radius 2 is 2.00 bits per heavy atom. The maximum Gasteiger partial charge on any atom is 0.159 e. The molecule has 0 aromatic carbocycles. The molecule has 1 aromatic heterocycles. The highest BCUT2D eigenvalue weighted by atomic mass is 19.1. The molecule has 1 aromatic rings. The number of halogens is 1. The fourth-order valence-corrected chi connectivity index (χ4v) is 0.557. The lowest BCUT2D eigenvalue weighted by Gasteiger charge is -1.88. The minimum atomic E-state index is -0.409. The average molecular weight is 138 g/mol. The molecule has 0 fully saturated rings. The van der Waals surface area contributed by atoms with Gasteiger partial charge >= 0.3 is 0 Å². The highest BCUT2D eigenvalue weighted by Gasteiger charge is 1.89. The van der Waals surface area contributed by atoms with E-state index in [1.54, 1.807) is 12.2 Å². The van der Waals surface area contributed by atoms with Gasteiger partial charge in [-0.05, 0) is 13.0 Å². The topological polar surface area (TPSA) is 25.8 Å². The summed E-state index contributed by atoms with van der Waals surface area (Å²) in [6, 6.07) is 0. The Morgan fingerprint density at radius 1 is 1.40 bits per heavy atom. The molecule has 1 heterocycles. The van der Waals surface area contributed by atoms with Crippen LogP contribution in [0.4, 0.5) is 4.39 Å². The molecule has 0 bridgehead atoms. The van der Waals surface area contributed by atoms with Gasteiger partial charge in [0.1, 0.15) is 0 Å². The number of hydrogen-bond acceptors (Lipinski definition) is 2. The molecule has 0 unspecified atom stereocenters. The molecule has 0 saturated carbocycles. The number of aromatic nitrogens is 2. The summed E-state index contributed by atoms with van der Waals surface area (Å²) in [5, 5.41) is 0. The van der Waals surface area contributed by atoms with Gasteiger partial charge in [-0.1, -0.05) is 6.08 Å². The smallest absolute Gasteiger partial charge is 0.159 e. The average Bonchev–Trinajstić information content (AvgIpc) is 1.95. The number of nitrogens with zero attached hydrogens (tertiary/aromatic N) is 2. The third kappa shape index (κ3) is 1.62. The molecular weight excluding hydrogens is 131 g/mol. The van der Waals surface area contributed by atoms with Crippen molar-refractivity contribution in [2.45, 2.75) is 6.92 Å².